The van der Waals surface area contributed by atoms with Crippen LogP contribution in [0.1, 0.15) is 29.9 Å². The van der Waals surface area contributed by atoms with Gasteiger partial charge in [0.15, 0.2) is 5.69 Å². The fourth-order valence-corrected chi connectivity index (χ4v) is 10.0. The number of aromatic hydroxyl groups is 1. The molecule has 314 valence electrons. The molecule has 4 aliphatic rings. The first kappa shape index (κ1) is 40.7. The second-order valence-corrected chi connectivity index (χ2v) is 15.8. The monoisotopic (exact) mass is 854 g/mol. The number of hydrogen-bond acceptors (Lipinski definition) is 13. The number of nitro benzene ring substituents is 2. The Bertz CT molecular complexity index is 2540. The van der Waals surface area contributed by atoms with E-state index in [9.17, 15) is 39.3 Å². The van der Waals surface area contributed by atoms with Gasteiger partial charge in [-0.15, -0.1) is 0 Å². The number of nitrogens with one attached hydrogen (secondary N) is 1. The van der Waals surface area contributed by atoms with Gasteiger partial charge < -0.3 is 19.5 Å². The van der Waals surface area contributed by atoms with Crippen molar-refractivity contribution in [1.82, 2.24) is 5.01 Å². The molecule has 2 aliphatic heterocycles. The van der Waals surface area contributed by atoms with E-state index in [1.807, 2.05) is 0 Å². The highest BCUT2D eigenvalue weighted by Crippen LogP contribution is 2.66. The minimum Gasteiger partial charge on any atom is -0.508 e. The number of methoxy groups -OCH3 is 2. The second-order valence-electron chi connectivity index (χ2n) is 15.4. The van der Waals surface area contributed by atoms with Crippen LogP contribution in [0.3, 0.4) is 0 Å². The number of hydrazine groups is 1. The molecule has 3 fully saturated rings. The molecule has 2 heterocycles. The molecule has 6 atom stereocenters. The number of amides is 4. The lowest BCUT2D eigenvalue weighted by molar-refractivity contribution is -0.392. The molecular weight excluding hydrogens is 819 g/mol. The summed E-state index contributed by atoms with van der Waals surface area (Å²) in [4.78, 5) is 84.7. The van der Waals surface area contributed by atoms with E-state index >= 15 is 9.59 Å². The first-order valence-electron chi connectivity index (χ1n) is 18.9. The van der Waals surface area contributed by atoms with Gasteiger partial charge >= 0.3 is 11.4 Å². The number of carbonyl (C=O) groups excluding carboxylic acids is 4. The first-order valence-corrected chi connectivity index (χ1v) is 19.3. The van der Waals surface area contributed by atoms with Crippen LogP contribution < -0.4 is 24.7 Å². The van der Waals surface area contributed by atoms with E-state index in [1.165, 1.54) is 57.5 Å². The van der Waals surface area contributed by atoms with Crippen LogP contribution in [0, 0.1) is 49.7 Å². The largest absolute Gasteiger partial charge is 0.508 e. The van der Waals surface area contributed by atoms with E-state index < -0.39 is 85.7 Å². The van der Waals surface area contributed by atoms with Crippen molar-refractivity contribution in [2.45, 2.75) is 24.2 Å². The van der Waals surface area contributed by atoms with Crippen molar-refractivity contribution in [3.63, 3.8) is 0 Å². The molecular formula is C42H36ClFN6O11. The number of halogens is 2. The summed E-state index contributed by atoms with van der Waals surface area (Å²) < 4.78 is 25.7. The normalized spacial score (nSPS) is 24.2. The number of carbonyl (C=O) groups is 4. The number of nitro groups is 2. The summed E-state index contributed by atoms with van der Waals surface area (Å²) in [6.45, 7) is 0. The Morgan fingerprint density at radius 3 is 2.00 bits per heavy atom. The number of fused-ring (bicyclic) bond motifs is 4. The van der Waals surface area contributed by atoms with Crippen molar-refractivity contribution in [2.75, 3.05) is 43.5 Å². The molecule has 0 radical (unpaired) electrons. The van der Waals surface area contributed by atoms with Gasteiger partial charge in [0.2, 0.25) is 11.8 Å². The van der Waals surface area contributed by atoms with E-state index in [1.54, 1.807) is 30.3 Å². The minimum atomic E-state index is -1.84. The summed E-state index contributed by atoms with van der Waals surface area (Å²) in [6.07, 6.45) is 1.49. The highest BCUT2D eigenvalue weighted by atomic mass is 35.5. The van der Waals surface area contributed by atoms with Gasteiger partial charge in [-0.2, -0.15) is 5.01 Å². The lowest BCUT2D eigenvalue weighted by atomic mass is 9.49. The predicted octanol–water partition coefficient (Wildman–Crippen LogP) is 6.27. The highest BCUT2D eigenvalue weighted by molar-refractivity contribution is 6.30. The molecule has 4 aromatic rings. The van der Waals surface area contributed by atoms with Crippen LogP contribution in [0.4, 0.5) is 32.8 Å². The molecule has 17 nitrogen and oxygen atoms in total. The van der Waals surface area contributed by atoms with Crippen LogP contribution in [0.15, 0.2) is 84.4 Å². The SMILES string of the molecule is COc1cc(O)cc(OC)c1C1C2=CCC3C(=O)N(c4cc([N+](=O)[O-])c(N(C)C)c([N+](=O)[O-])c4)C(=O)C3C2CC2C(=O)N(Nc3ccc(F)cc3)C(=O)C21c1ccc(Cl)cc1. The van der Waals surface area contributed by atoms with Crippen molar-refractivity contribution >= 4 is 63.7 Å². The highest BCUT2D eigenvalue weighted by Gasteiger charge is 2.71. The fraction of sp³-hybridized carbons (Fsp3) is 0.286. The number of rotatable bonds is 10. The van der Waals surface area contributed by atoms with Gasteiger partial charge in [-0.05, 0) is 60.7 Å². The molecule has 0 spiro atoms. The van der Waals surface area contributed by atoms with Gasteiger partial charge in [0.05, 0.1) is 58.6 Å². The van der Waals surface area contributed by atoms with Crippen LogP contribution in [-0.2, 0) is 24.6 Å². The molecule has 2 saturated heterocycles. The fourth-order valence-electron chi connectivity index (χ4n) is 9.89. The van der Waals surface area contributed by atoms with Crippen molar-refractivity contribution in [3.8, 4) is 17.2 Å². The molecule has 4 aromatic carbocycles. The molecule has 6 unspecified atom stereocenters. The molecule has 4 amide bonds. The van der Waals surface area contributed by atoms with E-state index in [-0.39, 0.29) is 52.7 Å². The van der Waals surface area contributed by atoms with E-state index in [0.717, 1.165) is 34.2 Å². The Hall–Kier alpha value is -7.08. The van der Waals surface area contributed by atoms with E-state index in [2.05, 4.69) is 5.43 Å². The van der Waals surface area contributed by atoms with E-state index in [0.29, 0.717) is 16.2 Å². The summed E-state index contributed by atoms with van der Waals surface area (Å²) >= 11 is 6.38. The summed E-state index contributed by atoms with van der Waals surface area (Å²) in [5, 5.41) is 36.5. The second kappa shape index (κ2) is 14.9. The lowest BCUT2D eigenvalue weighted by Gasteiger charge is -2.51. The molecule has 61 heavy (non-hydrogen) atoms. The van der Waals surface area contributed by atoms with Crippen molar-refractivity contribution < 1.29 is 48.0 Å². The average molecular weight is 855 g/mol. The lowest BCUT2D eigenvalue weighted by Crippen LogP contribution is -2.53. The molecule has 0 aromatic heterocycles. The third kappa shape index (κ3) is 6.10. The van der Waals surface area contributed by atoms with Gasteiger partial charge in [0.25, 0.3) is 11.8 Å². The number of hydrogen-bond donors (Lipinski definition) is 2. The van der Waals surface area contributed by atoms with Crippen LogP contribution in [0.5, 0.6) is 17.2 Å². The Balaban J connectivity index is 1.35. The minimum absolute atomic E-state index is 0.0684. The van der Waals surface area contributed by atoms with E-state index in [4.69, 9.17) is 21.1 Å². The van der Waals surface area contributed by atoms with Gasteiger partial charge in [0.1, 0.15) is 23.1 Å². The molecule has 8 rings (SSSR count). The quantitative estimate of drug-likeness (QED) is 0.0779. The summed E-state index contributed by atoms with van der Waals surface area (Å²) in [7, 11) is 5.46. The maximum atomic E-state index is 15.5. The zero-order valence-corrected chi connectivity index (χ0v) is 33.6. The van der Waals surface area contributed by atoms with Gasteiger partial charge in [-0.3, -0.25) is 44.8 Å². The van der Waals surface area contributed by atoms with Crippen LogP contribution in [0.2, 0.25) is 5.02 Å². The summed E-state index contributed by atoms with van der Waals surface area (Å²) in [5.41, 5.74) is 0.152. The van der Waals surface area contributed by atoms with Crippen molar-refractivity contribution in [3.05, 3.63) is 127 Å². The Morgan fingerprint density at radius 1 is 0.869 bits per heavy atom. The Labute approximate surface area is 351 Å². The zero-order valence-electron chi connectivity index (χ0n) is 32.8. The number of allylic oxidation sites excluding steroid dienone is 2. The smallest absolute Gasteiger partial charge is 0.301 e. The number of phenols is 1. The number of anilines is 3. The predicted molar refractivity (Wildman–Crippen MR) is 217 cm³/mol. The number of ether oxygens (including phenoxy) is 2. The topological polar surface area (TPSA) is 215 Å². The Morgan fingerprint density at radius 2 is 1.46 bits per heavy atom. The molecule has 19 heteroatoms. The summed E-state index contributed by atoms with van der Waals surface area (Å²) in [5.74, 6) is -9.38. The number of phenolic OH excluding ortho intramolecular Hbond substituents is 1. The average Bonchev–Trinajstić information content (AvgIpc) is 3.61. The maximum Gasteiger partial charge on any atom is 0.301 e. The van der Waals surface area contributed by atoms with Crippen LogP contribution in [0.25, 0.3) is 0 Å². The molecule has 2 aliphatic carbocycles. The van der Waals surface area contributed by atoms with Crippen LogP contribution in [-0.4, -0.2) is 71.9 Å². The Kier molecular flexibility index (Phi) is 9.92. The van der Waals surface area contributed by atoms with Crippen LogP contribution >= 0.6 is 11.6 Å². The number of nitrogens with zero attached hydrogens (tertiary/aromatic N) is 5. The van der Waals surface area contributed by atoms with Gasteiger partial charge in [-0.25, -0.2) is 9.29 Å². The van der Waals surface area contributed by atoms with Gasteiger partial charge in [0, 0.05) is 54.9 Å². The zero-order chi connectivity index (χ0) is 43.8. The van der Waals surface area contributed by atoms with Crippen molar-refractivity contribution in [2.24, 2.45) is 23.7 Å². The molecule has 0 bridgehead atoms. The summed E-state index contributed by atoms with van der Waals surface area (Å²) in [6, 6.07) is 15.9. The third-order valence-corrected chi connectivity index (χ3v) is 12.5. The standard InChI is InChI=1S/C42H36ClFN6O11/c1-46(2)37-30(49(56)57)15-24(16-31(37)50(58)59)47-38(52)27-14-13-26-28(34(27)40(47)54)19-29-39(53)48(45-23-11-9-22(44)10-12-23)41(55)42(29,20-5-7-21(43)8-6-20)36(26)35-32(60-3)17-25(51)18-33(35)61-4/h5-13,15-18,27-29,34,36,45,51H,14,19H2,1-4H3. The first-order chi connectivity index (χ1) is 29.0. The maximum absolute atomic E-state index is 15.5. The van der Waals surface area contributed by atoms with Crippen molar-refractivity contribution in [1.29, 1.82) is 0 Å². The molecule has 1 saturated carbocycles. The number of imide groups is 2. The third-order valence-electron chi connectivity index (χ3n) is 12.2. The van der Waals surface area contributed by atoms with Gasteiger partial charge in [-0.1, -0.05) is 35.4 Å². The molecule has 2 N–H and O–H groups in total. The number of benzene rings is 4.